The van der Waals surface area contributed by atoms with Crippen LogP contribution in [-0.2, 0) is 9.53 Å². The average molecular weight is 579 g/mol. The van der Waals surface area contributed by atoms with E-state index in [2.05, 4.69) is 42.6 Å². The van der Waals surface area contributed by atoms with Crippen LogP contribution in [0.4, 0.5) is 17.3 Å². The monoisotopic (exact) mass is 578 g/mol. The lowest BCUT2D eigenvalue weighted by Gasteiger charge is -2.32. The fourth-order valence-corrected chi connectivity index (χ4v) is 4.92. The van der Waals surface area contributed by atoms with E-state index in [0.717, 1.165) is 54.1 Å². The number of esters is 1. The van der Waals surface area contributed by atoms with Crippen molar-refractivity contribution < 1.29 is 14.3 Å². The Hall–Kier alpha value is -4.63. The fraction of sp³-hybridized carbons (Fsp3) is 0.324. The van der Waals surface area contributed by atoms with Crippen molar-refractivity contribution in [3.63, 3.8) is 0 Å². The molecule has 0 unspecified atom stereocenters. The maximum atomic E-state index is 13.1. The van der Waals surface area contributed by atoms with E-state index in [0.29, 0.717) is 24.2 Å². The Morgan fingerprint density at radius 2 is 1.77 bits per heavy atom. The second kappa shape index (κ2) is 13.1. The van der Waals surface area contributed by atoms with Gasteiger partial charge in [-0.2, -0.15) is 0 Å². The highest BCUT2D eigenvalue weighted by Gasteiger charge is 2.26. The Bertz CT molecular complexity index is 1560. The number of nitrogens with one attached hydrogen (secondary N) is 2. The third kappa shape index (κ3) is 7.81. The fourth-order valence-electron chi connectivity index (χ4n) is 4.92. The van der Waals surface area contributed by atoms with Crippen LogP contribution in [0.2, 0.25) is 0 Å². The Morgan fingerprint density at radius 1 is 1.00 bits per heavy atom. The molecule has 2 N–H and O–H groups in total. The Labute approximate surface area is 252 Å². The molecule has 0 spiro atoms. The van der Waals surface area contributed by atoms with Gasteiger partial charge >= 0.3 is 5.97 Å². The minimum Gasteiger partial charge on any atom is -0.449 e. The summed E-state index contributed by atoms with van der Waals surface area (Å²) in [6.07, 6.45) is 7.16. The number of ether oxygens (including phenoxy) is 1. The number of likely N-dealkylation sites (tertiary alicyclic amines) is 1. The number of hydrogen-bond acceptors (Lipinski definition) is 8. The van der Waals surface area contributed by atoms with Gasteiger partial charge in [0.05, 0.1) is 11.1 Å². The molecule has 0 bridgehead atoms. The molecule has 0 radical (unpaired) electrons. The van der Waals surface area contributed by atoms with Crippen LogP contribution in [0, 0.1) is 12.3 Å². The van der Waals surface area contributed by atoms with Gasteiger partial charge in [-0.1, -0.05) is 18.2 Å². The van der Waals surface area contributed by atoms with Crippen molar-refractivity contribution >= 4 is 29.2 Å². The minimum absolute atomic E-state index is 0.175. The van der Waals surface area contributed by atoms with E-state index in [4.69, 9.17) is 4.74 Å². The number of aryl methyl sites for hydroxylation is 1. The van der Waals surface area contributed by atoms with Crippen molar-refractivity contribution in [3.05, 3.63) is 95.9 Å². The first-order valence-corrected chi connectivity index (χ1v) is 14.6. The van der Waals surface area contributed by atoms with Crippen LogP contribution in [0.25, 0.3) is 11.3 Å². The third-order valence-electron chi connectivity index (χ3n) is 7.58. The number of hydrogen-bond donors (Lipinski definition) is 2. The molecule has 4 aromatic rings. The summed E-state index contributed by atoms with van der Waals surface area (Å²) in [5.41, 5.74) is 5.40. The lowest BCUT2D eigenvalue weighted by atomic mass is 9.89. The molecule has 222 valence electrons. The van der Waals surface area contributed by atoms with Gasteiger partial charge in [0.15, 0.2) is 0 Å². The summed E-state index contributed by atoms with van der Waals surface area (Å²) < 4.78 is 5.48. The number of aromatic nitrogens is 3. The van der Waals surface area contributed by atoms with Gasteiger partial charge in [0.25, 0.3) is 5.91 Å². The second-order valence-electron chi connectivity index (χ2n) is 11.9. The van der Waals surface area contributed by atoms with Crippen molar-refractivity contribution in [2.75, 3.05) is 30.5 Å². The molecule has 1 aliphatic heterocycles. The highest BCUT2D eigenvalue weighted by molar-refractivity contribution is 6.05. The predicted octanol–water partition coefficient (Wildman–Crippen LogP) is 6.57. The lowest BCUT2D eigenvalue weighted by Crippen LogP contribution is -2.37. The molecule has 3 heterocycles. The van der Waals surface area contributed by atoms with Crippen molar-refractivity contribution in [3.8, 4) is 11.3 Å². The number of amides is 1. The highest BCUT2D eigenvalue weighted by Crippen LogP contribution is 2.29. The smallest absolute Gasteiger partial charge is 0.312 e. The molecule has 43 heavy (non-hydrogen) atoms. The number of piperidine rings is 1. The highest BCUT2D eigenvalue weighted by atomic mass is 16.5. The zero-order valence-electron chi connectivity index (χ0n) is 25.1. The summed E-state index contributed by atoms with van der Waals surface area (Å²) in [5.74, 6) is 0.503. The van der Waals surface area contributed by atoms with Crippen LogP contribution >= 0.6 is 0 Å². The molecular weight excluding hydrogens is 540 g/mol. The number of anilines is 3. The van der Waals surface area contributed by atoms with Gasteiger partial charge in [0.2, 0.25) is 5.95 Å². The van der Waals surface area contributed by atoms with E-state index < -0.39 is 5.41 Å². The molecule has 1 fully saturated rings. The van der Waals surface area contributed by atoms with Gasteiger partial charge in [-0.05, 0) is 100 Å². The molecule has 2 aromatic heterocycles. The lowest BCUT2D eigenvalue weighted by molar-refractivity contribution is -0.158. The molecule has 9 heteroatoms. The summed E-state index contributed by atoms with van der Waals surface area (Å²) in [6.45, 7) is 9.66. The predicted molar refractivity (Wildman–Crippen MR) is 168 cm³/mol. The maximum absolute atomic E-state index is 13.1. The molecule has 9 nitrogen and oxygen atoms in total. The topological polar surface area (TPSA) is 109 Å². The summed E-state index contributed by atoms with van der Waals surface area (Å²) in [5, 5.41) is 6.27. The molecule has 1 amide bonds. The van der Waals surface area contributed by atoms with E-state index in [9.17, 15) is 9.59 Å². The summed E-state index contributed by atoms with van der Waals surface area (Å²) in [4.78, 5) is 40.5. The first-order valence-electron chi connectivity index (χ1n) is 14.6. The summed E-state index contributed by atoms with van der Waals surface area (Å²) >= 11 is 0. The van der Waals surface area contributed by atoms with E-state index in [1.165, 1.54) is 5.56 Å². The third-order valence-corrected chi connectivity index (χ3v) is 7.58. The van der Waals surface area contributed by atoms with E-state index >= 15 is 0 Å². The molecule has 0 saturated carbocycles. The average Bonchev–Trinajstić information content (AvgIpc) is 3.01. The standard InChI is InChI=1S/C34H38N6O3/c1-23-7-8-26(20-30(23)39-33-36-17-13-29(38-33)27-6-5-16-35-21-27)31(41)37-28-11-9-24(10-12-28)25-14-18-40(19-15-25)22-43-32(42)34(2,3)4/h5-13,16-17,20-21,25H,14-15,18-19,22H2,1-4H3,(H,37,41)(H,36,38,39). The van der Waals surface area contributed by atoms with Crippen molar-refractivity contribution in [2.45, 2.75) is 46.5 Å². The quantitative estimate of drug-likeness (QED) is 0.226. The molecule has 0 atom stereocenters. The van der Waals surface area contributed by atoms with Crippen molar-refractivity contribution in [1.82, 2.24) is 19.9 Å². The largest absolute Gasteiger partial charge is 0.449 e. The Kier molecular flexibility index (Phi) is 9.11. The van der Waals surface area contributed by atoms with Gasteiger partial charge < -0.3 is 15.4 Å². The number of carbonyl (C=O) groups is 2. The summed E-state index contributed by atoms with van der Waals surface area (Å²) in [7, 11) is 0. The molecule has 0 aliphatic carbocycles. The molecule has 5 rings (SSSR count). The summed E-state index contributed by atoms with van der Waals surface area (Å²) in [6, 6.07) is 19.3. The molecular formula is C34H38N6O3. The number of rotatable bonds is 8. The second-order valence-corrected chi connectivity index (χ2v) is 11.9. The molecule has 2 aromatic carbocycles. The van der Waals surface area contributed by atoms with Crippen LogP contribution in [0.1, 0.15) is 61.0 Å². The SMILES string of the molecule is Cc1ccc(C(=O)Nc2ccc(C3CCN(COC(=O)C(C)(C)C)CC3)cc2)cc1Nc1nccc(-c2cccnc2)n1. The van der Waals surface area contributed by atoms with Crippen LogP contribution in [0.3, 0.4) is 0 Å². The Balaban J connectivity index is 1.16. The molecule has 1 saturated heterocycles. The number of carbonyl (C=O) groups excluding carboxylic acids is 2. The van der Waals surface area contributed by atoms with Gasteiger partial charge in [-0.15, -0.1) is 0 Å². The first kappa shape index (κ1) is 29.8. The van der Waals surface area contributed by atoms with Gasteiger partial charge in [0, 0.05) is 54.2 Å². The number of nitrogens with zero attached hydrogens (tertiary/aromatic N) is 4. The zero-order chi connectivity index (χ0) is 30.4. The normalized spacial score (nSPS) is 14.2. The first-order chi connectivity index (χ1) is 20.7. The van der Waals surface area contributed by atoms with E-state index in [1.54, 1.807) is 18.6 Å². The van der Waals surface area contributed by atoms with Crippen molar-refractivity contribution in [2.24, 2.45) is 5.41 Å². The van der Waals surface area contributed by atoms with E-state index in [1.807, 2.05) is 76.2 Å². The molecule has 1 aliphatic rings. The van der Waals surface area contributed by atoms with Crippen LogP contribution in [0.15, 0.2) is 79.3 Å². The number of benzene rings is 2. The van der Waals surface area contributed by atoms with Crippen LogP contribution < -0.4 is 10.6 Å². The minimum atomic E-state index is -0.489. The van der Waals surface area contributed by atoms with Gasteiger partial charge in [-0.3, -0.25) is 19.5 Å². The van der Waals surface area contributed by atoms with E-state index in [-0.39, 0.29) is 11.9 Å². The van der Waals surface area contributed by atoms with Crippen LogP contribution in [0.5, 0.6) is 0 Å². The van der Waals surface area contributed by atoms with Gasteiger partial charge in [-0.25, -0.2) is 9.97 Å². The Morgan fingerprint density at radius 3 is 2.47 bits per heavy atom. The zero-order valence-corrected chi connectivity index (χ0v) is 25.1. The maximum Gasteiger partial charge on any atom is 0.312 e. The van der Waals surface area contributed by atoms with Crippen LogP contribution in [-0.4, -0.2) is 51.5 Å². The van der Waals surface area contributed by atoms with Gasteiger partial charge in [0.1, 0.15) is 6.73 Å². The number of pyridine rings is 1. The van der Waals surface area contributed by atoms with Crippen molar-refractivity contribution in [1.29, 1.82) is 0 Å².